The number of anilines is 1. The van der Waals surface area contributed by atoms with E-state index in [1.165, 1.54) is 0 Å². The quantitative estimate of drug-likeness (QED) is 0.599. The summed E-state index contributed by atoms with van der Waals surface area (Å²) in [5.74, 6) is 1.03. The molecule has 2 atom stereocenters. The molecule has 2 aliphatic rings. The summed E-state index contributed by atoms with van der Waals surface area (Å²) in [5.41, 5.74) is 7.52. The van der Waals surface area contributed by atoms with Crippen molar-refractivity contribution in [2.24, 2.45) is 11.7 Å². The van der Waals surface area contributed by atoms with Gasteiger partial charge in [-0.15, -0.1) is 5.10 Å². The Hall–Kier alpha value is -3.27. The van der Waals surface area contributed by atoms with E-state index in [1.54, 1.807) is 10.9 Å². The SMILES string of the molecule is CN1CCC(Oc2ccc(-n3nnc4cnc(NC5CCC(C(N)=O)C5)nc43)cc2)CC1. The molecule has 0 spiro atoms. The fourth-order valence-corrected chi connectivity index (χ4v) is 4.49. The van der Waals surface area contributed by atoms with Gasteiger partial charge in [0.05, 0.1) is 11.9 Å². The Bertz CT molecular complexity index is 1090. The average molecular weight is 437 g/mol. The van der Waals surface area contributed by atoms with Crippen molar-refractivity contribution in [1.82, 2.24) is 29.9 Å². The summed E-state index contributed by atoms with van der Waals surface area (Å²) in [6, 6.07) is 7.98. The van der Waals surface area contributed by atoms with Gasteiger partial charge in [0.15, 0.2) is 11.2 Å². The predicted molar refractivity (Wildman–Crippen MR) is 120 cm³/mol. The van der Waals surface area contributed by atoms with Crippen LogP contribution in [0.2, 0.25) is 0 Å². The zero-order valence-electron chi connectivity index (χ0n) is 18.1. The maximum atomic E-state index is 11.4. The Balaban J connectivity index is 1.30. The molecule has 3 heterocycles. The number of nitrogens with one attached hydrogen (secondary N) is 1. The summed E-state index contributed by atoms with van der Waals surface area (Å²) in [5, 5.41) is 11.8. The Morgan fingerprint density at radius 2 is 1.94 bits per heavy atom. The standard InChI is InChI=1S/C22H28N8O2/c1-29-10-8-18(9-11-29)32-17-6-4-16(5-7-17)30-21-19(27-28-30)13-24-22(26-21)25-15-3-2-14(12-15)20(23)31/h4-7,13-15,18H,2-3,8-12H2,1H3,(H2,23,31)(H,24,25,26). The molecule has 3 aromatic rings. The molecule has 10 nitrogen and oxygen atoms in total. The maximum absolute atomic E-state index is 11.4. The zero-order valence-corrected chi connectivity index (χ0v) is 18.1. The van der Waals surface area contributed by atoms with Crippen LogP contribution in [0.1, 0.15) is 32.1 Å². The number of piperidine rings is 1. The van der Waals surface area contributed by atoms with Crippen molar-refractivity contribution in [3.05, 3.63) is 30.5 Å². The predicted octanol–water partition coefficient (Wildman–Crippen LogP) is 1.75. The highest BCUT2D eigenvalue weighted by molar-refractivity contribution is 5.77. The van der Waals surface area contributed by atoms with Crippen molar-refractivity contribution < 1.29 is 9.53 Å². The maximum Gasteiger partial charge on any atom is 0.225 e. The number of nitrogens with two attached hydrogens (primary N) is 1. The number of benzene rings is 1. The van der Waals surface area contributed by atoms with Gasteiger partial charge >= 0.3 is 0 Å². The van der Waals surface area contributed by atoms with Crippen molar-refractivity contribution >= 4 is 23.0 Å². The minimum atomic E-state index is -0.240. The molecule has 1 saturated carbocycles. The minimum Gasteiger partial charge on any atom is -0.490 e. The first-order chi connectivity index (χ1) is 15.5. The van der Waals surface area contributed by atoms with E-state index in [0.717, 1.165) is 50.2 Å². The molecule has 2 fully saturated rings. The molecule has 3 N–H and O–H groups in total. The molecule has 0 radical (unpaired) electrons. The van der Waals surface area contributed by atoms with E-state index in [4.69, 9.17) is 10.5 Å². The van der Waals surface area contributed by atoms with Gasteiger partial charge < -0.3 is 20.7 Å². The lowest BCUT2D eigenvalue weighted by atomic mass is 10.1. The van der Waals surface area contributed by atoms with Crippen LogP contribution in [0.3, 0.4) is 0 Å². The van der Waals surface area contributed by atoms with E-state index in [9.17, 15) is 4.79 Å². The third-order valence-corrected chi connectivity index (χ3v) is 6.41. The van der Waals surface area contributed by atoms with Crippen LogP contribution < -0.4 is 15.8 Å². The summed E-state index contributed by atoms with van der Waals surface area (Å²) < 4.78 is 7.84. The van der Waals surface area contributed by atoms with Crippen LogP contribution in [0.4, 0.5) is 5.95 Å². The zero-order chi connectivity index (χ0) is 22.1. The second-order valence-electron chi connectivity index (χ2n) is 8.77. The van der Waals surface area contributed by atoms with Crippen LogP contribution in [0.25, 0.3) is 16.9 Å². The summed E-state index contributed by atoms with van der Waals surface area (Å²) >= 11 is 0. The van der Waals surface area contributed by atoms with Crippen LogP contribution in [0.5, 0.6) is 5.75 Å². The monoisotopic (exact) mass is 436 g/mol. The van der Waals surface area contributed by atoms with E-state index < -0.39 is 0 Å². The van der Waals surface area contributed by atoms with Crippen molar-refractivity contribution in [2.45, 2.75) is 44.2 Å². The number of amides is 1. The lowest BCUT2D eigenvalue weighted by molar-refractivity contribution is -0.121. The molecule has 0 bridgehead atoms. The first-order valence-electron chi connectivity index (χ1n) is 11.1. The van der Waals surface area contributed by atoms with E-state index in [2.05, 4.69) is 37.5 Å². The normalized spacial score (nSPS) is 22.3. The van der Waals surface area contributed by atoms with Crippen LogP contribution >= 0.6 is 0 Å². The highest BCUT2D eigenvalue weighted by atomic mass is 16.5. The molecule has 1 saturated heterocycles. The summed E-state index contributed by atoms with van der Waals surface area (Å²) in [4.78, 5) is 22.7. The number of carbonyl (C=O) groups is 1. The third kappa shape index (κ3) is 4.36. The lowest BCUT2D eigenvalue weighted by Gasteiger charge is -2.29. The van der Waals surface area contributed by atoms with Crippen LogP contribution in [-0.4, -0.2) is 68.1 Å². The van der Waals surface area contributed by atoms with Gasteiger partial charge in [-0.2, -0.15) is 9.67 Å². The number of carbonyl (C=O) groups excluding carboxylic acids is 1. The number of hydrogen-bond acceptors (Lipinski definition) is 8. The van der Waals surface area contributed by atoms with Crippen LogP contribution in [-0.2, 0) is 4.79 Å². The molecule has 2 unspecified atom stereocenters. The molecular weight excluding hydrogens is 408 g/mol. The lowest BCUT2D eigenvalue weighted by Crippen LogP contribution is -2.35. The number of hydrogen-bond donors (Lipinski definition) is 2. The first kappa shape index (κ1) is 20.6. The molecule has 5 rings (SSSR count). The molecule has 168 valence electrons. The number of primary amides is 1. The van der Waals surface area contributed by atoms with E-state index in [-0.39, 0.29) is 24.0 Å². The van der Waals surface area contributed by atoms with Gasteiger partial charge in [-0.25, -0.2) is 4.98 Å². The van der Waals surface area contributed by atoms with Crippen molar-refractivity contribution in [1.29, 1.82) is 0 Å². The molecule has 1 aliphatic carbocycles. The van der Waals surface area contributed by atoms with Gasteiger partial charge in [0.25, 0.3) is 0 Å². The number of ether oxygens (including phenoxy) is 1. The van der Waals surface area contributed by atoms with Crippen molar-refractivity contribution in [3.8, 4) is 11.4 Å². The smallest absolute Gasteiger partial charge is 0.225 e. The van der Waals surface area contributed by atoms with E-state index >= 15 is 0 Å². The number of fused-ring (bicyclic) bond motifs is 1. The molecule has 1 aromatic carbocycles. The summed E-state index contributed by atoms with van der Waals surface area (Å²) in [6.45, 7) is 2.13. The van der Waals surface area contributed by atoms with E-state index in [1.807, 2.05) is 24.3 Å². The minimum absolute atomic E-state index is 0.0846. The summed E-state index contributed by atoms with van der Waals surface area (Å²) in [7, 11) is 2.14. The fourth-order valence-electron chi connectivity index (χ4n) is 4.49. The Morgan fingerprint density at radius 1 is 1.16 bits per heavy atom. The largest absolute Gasteiger partial charge is 0.490 e. The summed E-state index contributed by atoms with van der Waals surface area (Å²) in [6.07, 6.45) is 6.36. The highest BCUT2D eigenvalue weighted by Gasteiger charge is 2.29. The van der Waals surface area contributed by atoms with Gasteiger partial charge in [0, 0.05) is 25.0 Å². The van der Waals surface area contributed by atoms with Crippen molar-refractivity contribution in [3.63, 3.8) is 0 Å². The van der Waals surface area contributed by atoms with Gasteiger partial charge in [-0.3, -0.25) is 4.79 Å². The second-order valence-corrected chi connectivity index (χ2v) is 8.77. The first-order valence-corrected chi connectivity index (χ1v) is 11.1. The third-order valence-electron chi connectivity index (χ3n) is 6.41. The number of likely N-dealkylation sites (tertiary alicyclic amines) is 1. The molecule has 10 heteroatoms. The van der Waals surface area contributed by atoms with Gasteiger partial charge in [0.1, 0.15) is 11.9 Å². The number of aromatic nitrogens is 5. The van der Waals surface area contributed by atoms with Crippen molar-refractivity contribution in [2.75, 3.05) is 25.5 Å². The van der Waals surface area contributed by atoms with Gasteiger partial charge in [-0.05, 0) is 63.4 Å². The number of nitrogens with zero attached hydrogens (tertiary/aromatic N) is 6. The fraction of sp³-hybridized carbons (Fsp3) is 0.500. The molecule has 1 aliphatic heterocycles. The molecule has 32 heavy (non-hydrogen) atoms. The molecular formula is C22H28N8O2. The number of rotatable bonds is 6. The van der Waals surface area contributed by atoms with Gasteiger partial charge in [-0.1, -0.05) is 5.21 Å². The van der Waals surface area contributed by atoms with Crippen LogP contribution in [0, 0.1) is 5.92 Å². The van der Waals surface area contributed by atoms with Crippen LogP contribution in [0.15, 0.2) is 30.5 Å². The Morgan fingerprint density at radius 3 is 2.66 bits per heavy atom. The molecule has 1 amide bonds. The Kier molecular flexibility index (Phi) is 5.60. The second kappa shape index (κ2) is 8.70. The van der Waals surface area contributed by atoms with E-state index in [0.29, 0.717) is 23.5 Å². The average Bonchev–Trinajstić information content (AvgIpc) is 3.43. The highest BCUT2D eigenvalue weighted by Crippen LogP contribution is 2.27. The topological polar surface area (TPSA) is 124 Å². The Labute approximate surface area is 186 Å². The van der Waals surface area contributed by atoms with Gasteiger partial charge in [0.2, 0.25) is 11.9 Å². The molecule has 2 aromatic heterocycles.